The van der Waals surface area contributed by atoms with E-state index in [1.807, 2.05) is 0 Å². The molecule has 4 nitrogen and oxygen atoms in total. The van der Waals surface area contributed by atoms with Crippen LogP contribution in [0.25, 0.3) is 0 Å². The zero-order valence-corrected chi connectivity index (χ0v) is 11.7. The Labute approximate surface area is 122 Å². The summed E-state index contributed by atoms with van der Waals surface area (Å²) in [4.78, 5) is 12.2. The molecule has 1 aromatic carbocycles. The number of rotatable bonds is 5. The van der Waals surface area contributed by atoms with Gasteiger partial charge in [-0.2, -0.15) is 0 Å². The van der Waals surface area contributed by atoms with Crippen molar-refractivity contribution in [1.82, 2.24) is 10.6 Å². The van der Waals surface area contributed by atoms with Gasteiger partial charge in [0.2, 0.25) is 5.91 Å². The summed E-state index contributed by atoms with van der Waals surface area (Å²) in [6, 6.07) is 2.44. The van der Waals surface area contributed by atoms with Gasteiger partial charge < -0.3 is 16.0 Å². The Morgan fingerprint density at radius 3 is 2.81 bits per heavy atom. The third-order valence-electron chi connectivity index (χ3n) is 3.71. The van der Waals surface area contributed by atoms with Crippen molar-refractivity contribution in [2.45, 2.75) is 25.3 Å². The lowest BCUT2D eigenvalue weighted by atomic mass is 9.95. The highest BCUT2D eigenvalue weighted by Gasteiger charge is 2.25. The van der Waals surface area contributed by atoms with Gasteiger partial charge in [0.05, 0.1) is 6.04 Å². The Morgan fingerprint density at radius 2 is 2.14 bits per heavy atom. The van der Waals surface area contributed by atoms with Crippen LogP contribution in [0, 0.1) is 23.0 Å². The van der Waals surface area contributed by atoms with Crippen molar-refractivity contribution in [3.8, 4) is 0 Å². The highest BCUT2D eigenvalue weighted by molar-refractivity contribution is 5.79. The van der Waals surface area contributed by atoms with Crippen LogP contribution in [0.4, 0.5) is 8.78 Å². The fourth-order valence-corrected chi connectivity index (χ4v) is 2.54. The van der Waals surface area contributed by atoms with E-state index in [0.717, 1.165) is 50.3 Å². The fourth-order valence-electron chi connectivity index (χ4n) is 2.54. The molecule has 0 radical (unpaired) electrons. The predicted octanol–water partition coefficient (Wildman–Crippen LogP) is 2.16. The van der Waals surface area contributed by atoms with E-state index in [1.165, 1.54) is 0 Å². The average molecular weight is 295 g/mol. The van der Waals surface area contributed by atoms with Crippen LogP contribution in [0.2, 0.25) is 0 Å². The smallest absolute Gasteiger partial charge is 0.223 e. The van der Waals surface area contributed by atoms with Crippen LogP contribution >= 0.6 is 0 Å². The quantitative estimate of drug-likeness (QED) is 0.729. The number of piperidine rings is 1. The van der Waals surface area contributed by atoms with Crippen molar-refractivity contribution in [2.24, 2.45) is 5.92 Å². The van der Waals surface area contributed by atoms with Crippen molar-refractivity contribution < 1.29 is 13.6 Å². The molecule has 1 fully saturated rings. The zero-order chi connectivity index (χ0) is 15.2. The van der Waals surface area contributed by atoms with E-state index < -0.39 is 17.7 Å². The second-order valence-corrected chi connectivity index (χ2v) is 5.19. The fraction of sp³-hybridized carbons (Fsp3) is 0.467. The number of benzene rings is 1. The lowest BCUT2D eigenvalue weighted by molar-refractivity contribution is -0.126. The lowest BCUT2D eigenvalue weighted by Gasteiger charge is -2.25. The van der Waals surface area contributed by atoms with Crippen LogP contribution < -0.4 is 10.6 Å². The van der Waals surface area contributed by atoms with Gasteiger partial charge in [-0.15, -0.1) is 0 Å². The molecule has 1 saturated heterocycles. The first-order chi connectivity index (χ1) is 10.1. The Kier molecular flexibility index (Phi) is 5.38. The summed E-state index contributed by atoms with van der Waals surface area (Å²) in [5.41, 5.74) is 0.0841. The molecule has 0 unspecified atom stereocenters. The number of nitrogens with one attached hydrogen (secondary N) is 3. The van der Waals surface area contributed by atoms with Crippen LogP contribution in [-0.4, -0.2) is 25.2 Å². The van der Waals surface area contributed by atoms with Gasteiger partial charge in [0, 0.05) is 17.9 Å². The molecular formula is C15H19F2N3O. The van der Waals surface area contributed by atoms with Gasteiger partial charge in [-0.1, -0.05) is 0 Å². The third kappa shape index (κ3) is 4.07. The van der Waals surface area contributed by atoms with Crippen molar-refractivity contribution in [1.29, 1.82) is 5.41 Å². The Balaban J connectivity index is 2.12. The Bertz CT molecular complexity index is 516. The second-order valence-electron chi connectivity index (χ2n) is 5.19. The van der Waals surface area contributed by atoms with E-state index >= 15 is 0 Å². The molecule has 114 valence electrons. The van der Waals surface area contributed by atoms with Crippen molar-refractivity contribution in [3.63, 3.8) is 0 Å². The van der Waals surface area contributed by atoms with Crippen LogP contribution in [0.1, 0.15) is 30.9 Å². The van der Waals surface area contributed by atoms with Crippen molar-refractivity contribution in [3.05, 3.63) is 35.4 Å². The highest BCUT2D eigenvalue weighted by Crippen LogP contribution is 2.22. The Morgan fingerprint density at radius 1 is 1.43 bits per heavy atom. The standard InChI is InChI=1S/C15H19F2N3O/c16-11-1-2-13(17)12(9-11)14(3-6-18)20-15(21)10-4-7-19-8-5-10/h1-2,6,9-10,14,18-19H,3-5,7-8H2,(H,20,21)/t14-/m0/s1. The summed E-state index contributed by atoms with van der Waals surface area (Å²) < 4.78 is 27.1. The molecule has 0 spiro atoms. The molecule has 1 aromatic rings. The molecule has 1 aliphatic rings. The highest BCUT2D eigenvalue weighted by atomic mass is 19.1. The van der Waals surface area contributed by atoms with Gasteiger partial charge in [0.15, 0.2) is 0 Å². The monoisotopic (exact) mass is 295 g/mol. The molecule has 21 heavy (non-hydrogen) atoms. The first-order valence-electron chi connectivity index (χ1n) is 7.06. The summed E-state index contributed by atoms with van der Waals surface area (Å²) in [6.45, 7) is 1.56. The van der Waals surface area contributed by atoms with E-state index in [2.05, 4.69) is 10.6 Å². The molecule has 0 saturated carbocycles. The van der Waals surface area contributed by atoms with E-state index in [-0.39, 0.29) is 23.8 Å². The zero-order valence-electron chi connectivity index (χ0n) is 11.7. The molecular weight excluding hydrogens is 276 g/mol. The minimum atomic E-state index is -0.708. The first-order valence-corrected chi connectivity index (χ1v) is 7.06. The summed E-state index contributed by atoms with van der Waals surface area (Å²) >= 11 is 0. The van der Waals surface area contributed by atoms with Gasteiger partial charge in [-0.05, 0) is 50.3 Å². The van der Waals surface area contributed by atoms with Gasteiger partial charge >= 0.3 is 0 Å². The molecule has 6 heteroatoms. The number of hydrogen-bond acceptors (Lipinski definition) is 3. The minimum Gasteiger partial charge on any atom is -0.349 e. The van der Waals surface area contributed by atoms with Gasteiger partial charge in [0.1, 0.15) is 11.6 Å². The SMILES string of the molecule is N=CC[C@H](NC(=O)C1CCNCC1)c1cc(F)ccc1F. The number of halogens is 2. The molecule has 0 aliphatic carbocycles. The predicted molar refractivity (Wildman–Crippen MR) is 76.2 cm³/mol. The largest absolute Gasteiger partial charge is 0.349 e. The van der Waals surface area contributed by atoms with Crippen molar-refractivity contribution in [2.75, 3.05) is 13.1 Å². The lowest BCUT2D eigenvalue weighted by Crippen LogP contribution is -2.40. The van der Waals surface area contributed by atoms with Gasteiger partial charge in [-0.25, -0.2) is 8.78 Å². The molecule has 1 heterocycles. The maximum absolute atomic E-state index is 13.8. The second kappa shape index (κ2) is 7.26. The maximum Gasteiger partial charge on any atom is 0.223 e. The summed E-state index contributed by atoms with van der Waals surface area (Å²) in [5.74, 6) is -1.41. The van der Waals surface area contributed by atoms with Crippen molar-refractivity contribution >= 4 is 12.1 Å². The first kappa shape index (κ1) is 15.6. The molecule has 1 atom stereocenters. The summed E-state index contributed by atoms with van der Waals surface area (Å²) in [6.07, 6.45) is 2.69. The van der Waals surface area contributed by atoms with Gasteiger partial charge in [0.25, 0.3) is 0 Å². The minimum absolute atomic E-state index is 0.0841. The van der Waals surface area contributed by atoms with E-state index in [4.69, 9.17) is 5.41 Å². The van der Waals surface area contributed by atoms with Gasteiger partial charge in [-0.3, -0.25) is 4.79 Å². The molecule has 0 bridgehead atoms. The van der Waals surface area contributed by atoms with E-state index in [0.29, 0.717) is 0 Å². The Hall–Kier alpha value is -1.82. The normalized spacial score (nSPS) is 17.2. The number of carbonyl (C=O) groups is 1. The van der Waals surface area contributed by atoms with E-state index in [1.54, 1.807) is 0 Å². The van der Waals surface area contributed by atoms with E-state index in [9.17, 15) is 13.6 Å². The van der Waals surface area contributed by atoms with Crippen LogP contribution in [0.5, 0.6) is 0 Å². The average Bonchev–Trinajstić information content (AvgIpc) is 2.50. The van der Waals surface area contributed by atoms with Crippen LogP contribution in [-0.2, 0) is 4.79 Å². The third-order valence-corrected chi connectivity index (χ3v) is 3.71. The molecule has 1 aliphatic heterocycles. The topological polar surface area (TPSA) is 65.0 Å². The number of carbonyl (C=O) groups excluding carboxylic acids is 1. The molecule has 1 amide bonds. The maximum atomic E-state index is 13.8. The molecule has 3 N–H and O–H groups in total. The summed E-state index contributed by atoms with van der Waals surface area (Å²) in [5, 5.41) is 13.1. The molecule has 0 aromatic heterocycles. The van der Waals surface area contributed by atoms with Crippen LogP contribution in [0.15, 0.2) is 18.2 Å². The number of amides is 1. The molecule has 2 rings (SSSR count). The number of hydrogen-bond donors (Lipinski definition) is 3. The summed E-state index contributed by atoms with van der Waals surface area (Å²) in [7, 11) is 0. The van der Waals surface area contributed by atoms with Crippen LogP contribution in [0.3, 0.4) is 0 Å².